The summed E-state index contributed by atoms with van der Waals surface area (Å²) >= 11 is 0. The lowest BCUT2D eigenvalue weighted by Gasteiger charge is -2.38. The van der Waals surface area contributed by atoms with Crippen LogP contribution in [0, 0.1) is 25.2 Å². The second kappa shape index (κ2) is 14.5. The van der Waals surface area contributed by atoms with E-state index in [2.05, 4.69) is 30.6 Å². The molecule has 0 bridgehead atoms. The number of carbonyl (C=O) groups excluding carboxylic acids is 2. The van der Waals surface area contributed by atoms with Crippen molar-refractivity contribution in [1.82, 2.24) is 15.0 Å². The molecular weight excluding hydrogens is 667 g/mol. The maximum Gasteiger partial charge on any atom is 0.263 e. The fourth-order valence-electron chi connectivity index (χ4n) is 7.56. The Morgan fingerprint density at radius 2 is 1.82 bits per heavy atom. The van der Waals surface area contributed by atoms with E-state index in [0.717, 1.165) is 49.1 Å². The van der Waals surface area contributed by atoms with Gasteiger partial charge in [0.2, 0.25) is 5.91 Å². The summed E-state index contributed by atoms with van der Waals surface area (Å²) in [6.45, 7) is 13.8. The lowest BCUT2D eigenvalue weighted by atomic mass is 9.88. The Hall–Kier alpha value is -4.03. The van der Waals surface area contributed by atoms with Crippen molar-refractivity contribution in [2.75, 3.05) is 24.4 Å². The van der Waals surface area contributed by atoms with Gasteiger partial charge in [-0.2, -0.15) is 0 Å². The first kappa shape index (κ1) is 36.8. The van der Waals surface area contributed by atoms with Gasteiger partial charge in [0, 0.05) is 36.6 Å². The molecule has 1 N–H and O–H groups in total. The van der Waals surface area contributed by atoms with E-state index in [1.165, 1.54) is 0 Å². The van der Waals surface area contributed by atoms with Crippen LogP contribution in [0.1, 0.15) is 95.1 Å². The highest BCUT2D eigenvalue weighted by Gasteiger charge is 2.52. The number of amidine groups is 1. The molecule has 51 heavy (non-hydrogen) atoms. The van der Waals surface area contributed by atoms with Gasteiger partial charge in [0.15, 0.2) is 11.4 Å². The van der Waals surface area contributed by atoms with Crippen molar-refractivity contribution in [3.8, 4) is 11.1 Å². The minimum absolute atomic E-state index is 0.0537. The fraction of sp³-hybridized carbons (Fsp3) is 0.538. The SMILES string of the molecule is CCOCc1cc(CN2C(=O)[C@@]3(CCCN(C(=O)C4CCCC4)C3)N=C2CC(C)(C)C)ccc1-c1ccccc1S(=O)(=O)Nc1noc(C)c1C. The number of aromatic nitrogens is 1. The second-order valence-electron chi connectivity index (χ2n) is 15.5. The highest BCUT2D eigenvalue weighted by atomic mass is 32.2. The van der Waals surface area contributed by atoms with Crippen molar-refractivity contribution in [1.29, 1.82) is 0 Å². The minimum atomic E-state index is -4.04. The second-order valence-corrected chi connectivity index (χ2v) is 17.1. The zero-order valence-electron chi connectivity index (χ0n) is 30.8. The number of sulfonamides is 1. The molecule has 12 heteroatoms. The number of ether oxygens (including phenoxy) is 1. The van der Waals surface area contributed by atoms with E-state index in [1.807, 2.05) is 34.9 Å². The quantitative estimate of drug-likeness (QED) is 0.225. The van der Waals surface area contributed by atoms with Crippen LogP contribution in [0.3, 0.4) is 0 Å². The van der Waals surface area contributed by atoms with Crippen LogP contribution in [0.2, 0.25) is 0 Å². The van der Waals surface area contributed by atoms with Gasteiger partial charge in [-0.05, 0) is 74.6 Å². The maximum atomic E-state index is 14.5. The molecule has 0 radical (unpaired) electrons. The molecule has 0 unspecified atom stereocenters. The Bertz CT molecular complexity index is 1920. The van der Waals surface area contributed by atoms with E-state index in [0.29, 0.717) is 61.5 Å². The number of hydrogen-bond donors (Lipinski definition) is 1. The Labute approximate surface area is 301 Å². The average Bonchev–Trinajstić information content (AvgIpc) is 3.80. The first-order chi connectivity index (χ1) is 24.2. The van der Waals surface area contributed by atoms with Crippen LogP contribution in [0.5, 0.6) is 0 Å². The smallest absolute Gasteiger partial charge is 0.263 e. The number of nitrogens with zero attached hydrogens (tertiary/aromatic N) is 4. The molecule has 2 fully saturated rings. The first-order valence-electron chi connectivity index (χ1n) is 18.2. The third kappa shape index (κ3) is 7.77. The summed E-state index contributed by atoms with van der Waals surface area (Å²) in [5.74, 6) is 1.61. The molecule has 2 aromatic carbocycles. The van der Waals surface area contributed by atoms with E-state index in [9.17, 15) is 18.0 Å². The maximum absolute atomic E-state index is 14.5. The van der Waals surface area contributed by atoms with Crippen LogP contribution in [0.15, 0.2) is 56.9 Å². The standard InChI is InChI=1S/C39H51N5O6S/c1-7-49-24-30-21-28(17-18-31(30)32-15-10-11-16-33(32)51(47,48)42-35-26(2)27(3)50-41-35)23-44-34(22-38(4,5)6)40-39(37(44)46)19-12-20-43(25-39)36(45)29-13-8-9-14-29/h10-11,15-18,21,29H,7-9,12-14,19-20,22-25H2,1-6H3,(H,41,42)/t39-/m0/s1. The van der Waals surface area contributed by atoms with E-state index >= 15 is 0 Å². The molecule has 3 heterocycles. The van der Waals surface area contributed by atoms with Crippen molar-refractivity contribution in [2.24, 2.45) is 16.3 Å². The molecule has 274 valence electrons. The van der Waals surface area contributed by atoms with Crippen molar-refractivity contribution in [3.05, 3.63) is 64.9 Å². The summed E-state index contributed by atoms with van der Waals surface area (Å²) in [5.41, 5.74) is 2.43. The number of anilines is 1. The lowest BCUT2D eigenvalue weighted by molar-refractivity contribution is -0.141. The number of piperidine rings is 1. The molecule has 1 saturated heterocycles. The Balaban J connectivity index is 1.31. The van der Waals surface area contributed by atoms with E-state index in [1.54, 1.807) is 38.1 Å². The van der Waals surface area contributed by atoms with E-state index in [-0.39, 0.29) is 40.5 Å². The Morgan fingerprint density at radius 1 is 1.08 bits per heavy atom. The van der Waals surface area contributed by atoms with Gasteiger partial charge in [-0.25, -0.2) is 8.42 Å². The minimum Gasteiger partial charge on any atom is -0.377 e. The number of hydrogen-bond acceptors (Lipinski definition) is 8. The molecule has 2 aliphatic heterocycles. The van der Waals surface area contributed by atoms with E-state index < -0.39 is 15.6 Å². The summed E-state index contributed by atoms with van der Waals surface area (Å²) in [4.78, 5) is 37.0. The van der Waals surface area contributed by atoms with Gasteiger partial charge in [0.1, 0.15) is 11.6 Å². The topological polar surface area (TPSA) is 134 Å². The Morgan fingerprint density at radius 3 is 2.51 bits per heavy atom. The highest BCUT2D eigenvalue weighted by molar-refractivity contribution is 7.92. The molecular formula is C39H51N5O6S. The van der Waals surface area contributed by atoms with Gasteiger partial charge < -0.3 is 14.2 Å². The molecule has 1 aromatic heterocycles. The number of rotatable bonds is 11. The molecule has 1 saturated carbocycles. The number of nitrogens with one attached hydrogen (secondary N) is 1. The summed E-state index contributed by atoms with van der Waals surface area (Å²) in [6.07, 6.45) is 5.99. The summed E-state index contributed by atoms with van der Waals surface area (Å²) < 4.78 is 41.2. The van der Waals surface area contributed by atoms with Gasteiger partial charge in [0.05, 0.1) is 24.6 Å². The van der Waals surface area contributed by atoms with Crippen LogP contribution in [-0.2, 0) is 37.5 Å². The van der Waals surface area contributed by atoms with E-state index in [4.69, 9.17) is 14.3 Å². The van der Waals surface area contributed by atoms with Gasteiger partial charge in [-0.15, -0.1) is 0 Å². The predicted molar refractivity (Wildman–Crippen MR) is 197 cm³/mol. The first-order valence-corrected chi connectivity index (χ1v) is 19.6. The fourth-order valence-corrected chi connectivity index (χ4v) is 8.84. The van der Waals surface area contributed by atoms with Crippen molar-refractivity contribution in [2.45, 2.75) is 110 Å². The molecule has 1 atom stereocenters. The van der Waals surface area contributed by atoms with Crippen LogP contribution >= 0.6 is 0 Å². The third-order valence-electron chi connectivity index (χ3n) is 10.3. The van der Waals surface area contributed by atoms with Gasteiger partial charge in [0.25, 0.3) is 15.9 Å². The normalized spacial score (nSPS) is 20.0. The van der Waals surface area contributed by atoms with Gasteiger partial charge >= 0.3 is 0 Å². The summed E-state index contributed by atoms with van der Waals surface area (Å²) in [7, 11) is -4.04. The molecule has 2 amide bonds. The summed E-state index contributed by atoms with van der Waals surface area (Å²) in [5, 5.41) is 3.90. The van der Waals surface area contributed by atoms with Gasteiger partial charge in [-0.1, -0.05) is 75.2 Å². The largest absolute Gasteiger partial charge is 0.377 e. The number of benzene rings is 2. The van der Waals surface area contributed by atoms with Crippen molar-refractivity contribution >= 4 is 33.5 Å². The molecule has 1 aliphatic carbocycles. The number of carbonyl (C=O) groups is 2. The number of aryl methyl sites for hydroxylation is 1. The monoisotopic (exact) mass is 717 g/mol. The highest BCUT2D eigenvalue weighted by Crippen LogP contribution is 2.39. The molecule has 6 rings (SSSR count). The predicted octanol–water partition coefficient (Wildman–Crippen LogP) is 7.02. The zero-order valence-corrected chi connectivity index (χ0v) is 31.6. The molecule has 3 aliphatic rings. The molecule has 3 aromatic rings. The van der Waals surface area contributed by atoms with Crippen LogP contribution in [0.25, 0.3) is 11.1 Å². The molecule has 11 nitrogen and oxygen atoms in total. The number of aliphatic imine (C=N–C) groups is 1. The number of likely N-dealkylation sites (tertiary alicyclic amines) is 1. The van der Waals surface area contributed by atoms with Crippen molar-refractivity contribution in [3.63, 3.8) is 0 Å². The van der Waals surface area contributed by atoms with Crippen LogP contribution < -0.4 is 4.72 Å². The Kier molecular flexibility index (Phi) is 10.5. The lowest BCUT2D eigenvalue weighted by Crippen LogP contribution is -2.55. The van der Waals surface area contributed by atoms with Gasteiger partial charge in [-0.3, -0.25) is 24.2 Å². The van der Waals surface area contributed by atoms with Crippen LogP contribution in [0.4, 0.5) is 5.82 Å². The number of amides is 2. The third-order valence-corrected chi connectivity index (χ3v) is 11.7. The molecule has 1 spiro atoms. The summed E-state index contributed by atoms with van der Waals surface area (Å²) in [6, 6.07) is 12.7. The average molecular weight is 718 g/mol. The van der Waals surface area contributed by atoms with Crippen LogP contribution in [-0.4, -0.2) is 66.3 Å². The van der Waals surface area contributed by atoms with Crippen molar-refractivity contribution < 1.29 is 27.3 Å². The zero-order chi connectivity index (χ0) is 36.6.